The number of hydrogen-bond acceptors (Lipinski definition) is 4. The monoisotopic (exact) mass is 394 g/mol. The van der Waals surface area contributed by atoms with E-state index in [2.05, 4.69) is 10.2 Å². The zero-order chi connectivity index (χ0) is 20.5. The second-order valence-corrected chi connectivity index (χ2v) is 6.82. The Morgan fingerprint density at radius 2 is 1.57 bits per heavy atom. The quantitative estimate of drug-likeness (QED) is 0.489. The second-order valence-electron chi connectivity index (χ2n) is 6.82. The number of nitrogens with zero attached hydrogens (tertiary/aromatic N) is 3. The van der Waals surface area contributed by atoms with Crippen LogP contribution in [0, 0.1) is 0 Å². The third-order valence-corrected chi connectivity index (χ3v) is 5.00. The second kappa shape index (κ2) is 7.33. The molecule has 0 aliphatic carbocycles. The number of nitrogens with one attached hydrogen (secondary N) is 1. The van der Waals surface area contributed by atoms with Gasteiger partial charge in [0.25, 0.3) is 5.56 Å². The maximum absolute atomic E-state index is 12.7. The molecule has 0 spiro atoms. The summed E-state index contributed by atoms with van der Waals surface area (Å²) in [5, 5.41) is 12.4. The van der Waals surface area contributed by atoms with Gasteiger partial charge in [0.05, 0.1) is 23.9 Å². The molecule has 146 valence electrons. The van der Waals surface area contributed by atoms with Crippen LogP contribution in [-0.2, 0) is 0 Å². The molecule has 6 nitrogen and oxygen atoms in total. The Hall–Kier alpha value is -4.19. The topological polar surface area (TPSA) is 72.8 Å². The molecule has 0 bridgehead atoms. The lowest BCUT2D eigenvalue weighted by molar-refractivity contribution is 0.414. The van der Waals surface area contributed by atoms with Gasteiger partial charge in [-0.1, -0.05) is 66.7 Å². The summed E-state index contributed by atoms with van der Waals surface area (Å²) in [6, 6.07) is 27.3. The van der Waals surface area contributed by atoms with Crippen molar-refractivity contribution >= 4 is 10.9 Å². The van der Waals surface area contributed by atoms with E-state index in [-0.39, 0.29) is 5.56 Å². The number of fused-ring (bicyclic) bond motifs is 1. The highest BCUT2D eigenvalue weighted by atomic mass is 16.5. The van der Waals surface area contributed by atoms with Gasteiger partial charge in [-0.15, -0.1) is 0 Å². The van der Waals surface area contributed by atoms with E-state index in [0.29, 0.717) is 22.3 Å². The molecule has 0 saturated heterocycles. The predicted octanol–water partition coefficient (Wildman–Crippen LogP) is 4.45. The average Bonchev–Trinajstić information content (AvgIpc) is 3.22. The van der Waals surface area contributed by atoms with Crippen molar-refractivity contribution in [1.82, 2.24) is 20.0 Å². The van der Waals surface area contributed by atoms with Crippen molar-refractivity contribution in [3.05, 3.63) is 95.3 Å². The van der Waals surface area contributed by atoms with Crippen LogP contribution in [0.2, 0.25) is 0 Å². The van der Waals surface area contributed by atoms with Crippen molar-refractivity contribution in [3.63, 3.8) is 0 Å². The Labute approximate surface area is 172 Å². The molecule has 0 aliphatic rings. The fourth-order valence-corrected chi connectivity index (χ4v) is 3.61. The van der Waals surface area contributed by atoms with Gasteiger partial charge in [0.1, 0.15) is 11.4 Å². The summed E-state index contributed by atoms with van der Waals surface area (Å²) in [4.78, 5) is 12.7. The summed E-state index contributed by atoms with van der Waals surface area (Å²) in [6.45, 7) is 0. The summed E-state index contributed by atoms with van der Waals surface area (Å²) < 4.78 is 7.18. The third kappa shape index (κ3) is 2.95. The minimum atomic E-state index is -0.330. The molecule has 5 aromatic rings. The van der Waals surface area contributed by atoms with Gasteiger partial charge < -0.3 is 4.74 Å². The van der Waals surface area contributed by atoms with E-state index in [1.807, 2.05) is 84.9 Å². The van der Waals surface area contributed by atoms with Gasteiger partial charge in [-0.05, 0) is 12.1 Å². The fourth-order valence-electron chi connectivity index (χ4n) is 3.61. The molecule has 0 aliphatic heterocycles. The lowest BCUT2D eigenvalue weighted by atomic mass is 10.0. The Kier molecular flexibility index (Phi) is 4.37. The summed E-state index contributed by atoms with van der Waals surface area (Å²) in [5.74, 6) is 0.710. The SMILES string of the molecule is COc1cccc(-n2nc3c(=O)[nH]nc(-c4ccccc4)c3c2-c2ccccc2)c1. The molecule has 0 atom stereocenters. The van der Waals surface area contributed by atoms with Gasteiger partial charge in [0.2, 0.25) is 0 Å². The van der Waals surface area contributed by atoms with Crippen LogP contribution in [-0.4, -0.2) is 27.1 Å². The van der Waals surface area contributed by atoms with Gasteiger partial charge in [0.15, 0.2) is 5.52 Å². The van der Waals surface area contributed by atoms with Gasteiger partial charge >= 0.3 is 0 Å². The number of ether oxygens (including phenoxy) is 1. The molecule has 0 fully saturated rings. The maximum Gasteiger partial charge on any atom is 0.292 e. The first kappa shape index (κ1) is 17.9. The Morgan fingerprint density at radius 1 is 0.867 bits per heavy atom. The lowest BCUT2D eigenvalue weighted by Gasteiger charge is -2.10. The molecule has 0 saturated carbocycles. The molecule has 2 aromatic heterocycles. The van der Waals surface area contributed by atoms with Crippen molar-refractivity contribution in [3.8, 4) is 34.0 Å². The zero-order valence-electron chi connectivity index (χ0n) is 16.2. The fraction of sp³-hybridized carbons (Fsp3) is 0.0417. The number of aromatic nitrogens is 4. The third-order valence-electron chi connectivity index (χ3n) is 5.00. The van der Waals surface area contributed by atoms with Gasteiger partial charge in [0, 0.05) is 17.2 Å². The highest BCUT2D eigenvalue weighted by molar-refractivity contribution is 6.02. The van der Waals surface area contributed by atoms with Crippen molar-refractivity contribution in [2.75, 3.05) is 7.11 Å². The molecule has 3 aromatic carbocycles. The molecule has 0 radical (unpaired) electrons. The number of aromatic amines is 1. The minimum absolute atomic E-state index is 0.330. The number of methoxy groups -OCH3 is 1. The smallest absolute Gasteiger partial charge is 0.292 e. The van der Waals surface area contributed by atoms with Gasteiger partial charge in [-0.3, -0.25) is 4.79 Å². The summed E-state index contributed by atoms with van der Waals surface area (Å²) in [6.07, 6.45) is 0. The van der Waals surface area contributed by atoms with Crippen molar-refractivity contribution in [2.24, 2.45) is 0 Å². The molecule has 0 amide bonds. The average molecular weight is 394 g/mol. The molecule has 6 heteroatoms. The highest BCUT2D eigenvalue weighted by Gasteiger charge is 2.22. The number of rotatable bonds is 4. The first-order chi connectivity index (χ1) is 14.8. The van der Waals surface area contributed by atoms with Crippen LogP contribution in [0.15, 0.2) is 89.7 Å². The summed E-state index contributed by atoms with van der Waals surface area (Å²) in [7, 11) is 1.62. The van der Waals surface area contributed by atoms with Crippen LogP contribution in [0.25, 0.3) is 39.1 Å². The van der Waals surface area contributed by atoms with E-state index in [4.69, 9.17) is 9.84 Å². The van der Waals surface area contributed by atoms with Crippen LogP contribution >= 0.6 is 0 Å². The van der Waals surface area contributed by atoms with E-state index >= 15 is 0 Å². The molecule has 1 N–H and O–H groups in total. The van der Waals surface area contributed by atoms with E-state index in [0.717, 1.165) is 22.5 Å². The van der Waals surface area contributed by atoms with Gasteiger partial charge in [-0.25, -0.2) is 9.78 Å². The first-order valence-corrected chi connectivity index (χ1v) is 9.53. The van der Waals surface area contributed by atoms with Gasteiger partial charge in [-0.2, -0.15) is 10.2 Å². The highest BCUT2D eigenvalue weighted by Crippen LogP contribution is 2.35. The van der Waals surface area contributed by atoms with E-state index < -0.39 is 0 Å². The molecule has 2 heterocycles. The number of H-pyrrole nitrogens is 1. The number of benzene rings is 3. The molecular formula is C24H18N4O2. The van der Waals surface area contributed by atoms with Crippen LogP contribution in [0.3, 0.4) is 0 Å². The van der Waals surface area contributed by atoms with Crippen molar-refractivity contribution in [1.29, 1.82) is 0 Å². The normalized spacial score (nSPS) is 11.0. The summed E-state index contributed by atoms with van der Waals surface area (Å²) in [5.41, 5.74) is 4.12. The molecule has 30 heavy (non-hydrogen) atoms. The largest absolute Gasteiger partial charge is 0.497 e. The molecule has 0 unspecified atom stereocenters. The maximum atomic E-state index is 12.7. The van der Waals surface area contributed by atoms with Crippen LogP contribution < -0.4 is 10.3 Å². The predicted molar refractivity (Wildman–Crippen MR) is 117 cm³/mol. The van der Waals surface area contributed by atoms with Crippen LogP contribution in [0.1, 0.15) is 0 Å². The zero-order valence-corrected chi connectivity index (χ0v) is 16.2. The van der Waals surface area contributed by atoms with E-state index in [1.54, 1.807) is 11.8 Å². The Morgan fingerprint density at radius 3 is 2.27 bits per heavy atom. The summed E-state index contributed by atoms with van der Waals surface area (Å²) >= 11 is 0. The van der Waals surface area contributed by atoms with Crippen LogP contribution in [0.5, 0.6) is 5.75 Å². The molecule has 5 rings (SSSR count). The van der Waals surface area contributed by atoms with Crippen molar-refractivity contribution in [2.45, 2.75) is 0 Å². The molecular weight excluding hydrogens is 376 g/mol. The van der Waals surface area contributed by atoms with Crippen molar-refractivity contribution < 1.29 is 4.74 Å². The van der Waals surface area contributed by atoms with Crippen LogP contribution in [0.4, 0.5) is 0 Å². The standard InChI is InChI=1S/C24H18N4O2/c1-30-19-14-8-13-18(15-19)28-23(17-11-6-3-7-12-17)20-21(16-9-4-2-5-10-16)25-26-24(29)22(20)27-28/h2-15H,1H3,(H,26,29). The Bertz CT molecular complexity index is 1390. The number of hydrogen-bond donors (Lipinski definition) is 1. The first-order valence-electron chi connectivity index (χ1n) is 9.53. The minimum Gasteiger partial charge on any atom is -0.497 e. The Balaban J connectivity index is 1.92. The van der Waals surface area contributed by atoms with E-state index in [1.165, 1.54) is 0 Å². The lowest BCUT2D eigenvalue weighted by Crippen LogP contribution is -2.09. The van der Waals surface area contributed by atoms with E-state index in [9.17, 15) is 4.79 Å².